The molecule has 0 aliphatic heterocycles. The molecular weight excluding hydrogens is 416 g/mol. The number of hydrogen-bond donors (Lipinski definition) is 1. The van der Waals surface area contributed by atoms with Gasteiger partial charge in [0.2, 0.25) is 0 Å². The maximum Gasteiger partial charge on any atom is 0.307 e. The summed E-state index contributed by atoms with van der Waals surface area (Å²) in [4.78, 5) is 12.3. The number of furan rings is 1. The molecule has 140 valence electrons. The number of nitrogens with zero attached hydrogens (tertiary/aromatic N) is 1. The van der Waals surface area contributed by atoms with Crippen LogP contribution in [0, 0.1) is 0 Å². The summed E-state index contributed by atoms with van der Waals surface area (Å²) in [6.07, 6.45) is 1.48. The fourth-order valence-electron chi connectivity index (χ4n) is 2.51. The van der Waals surface area contributed by atoms with Crippen LogP contribution in [-0.2, 0) is 0 Å². The molecule has 0 aliphatic carbocycles. The van der Waals surface area contributed by atoms with E-state index in [9.17, 15) is 4.79 Å². The zero-order valence-corrected chi connectivity index (χ0v) is 16.5. The van der Waals surface area contributed by atoms with Crippen molar-refractivity contribution in [2.75, 3.05) is 21.3 Å². The molecule has 0 unspecified atom stereocenters. The van der Waals surface area contributed by atoms with Crippen molar-refractivity contribution in [1.82, 2.24) is 5.43 Å². The molecular formula is C19H17BrN2O5. The van der Waals surface area contributed by atoms with Gasteiger partial charge in [0.25, 0.3) is 0 Å². The molecule has 27 heavy (non-hydrogen) atoms. The van der Waals surface area contributed by atoms with Gasteiger partial charge in [0.1, 0.15) is 11.5 Å². The van der Waals surface area contributed by atoms with Crippen molar-refractivity contribution in [3.05, 3.63) is 52.2 Å². The number of hydrazone groups is 1. The van der Waals surface area contributed by atoms with Gasteiger partial charge in [0, 0.05) is 17.0 Å². The monoisotopic (exact) mass is 432 g/mol. The summed E-state index contributed by atoms with van der Waals surface area (Å²) in [7, 11) is 4.65. The van der Waals surface area contributed by atoms with Gasteiger partial charge in [0.15, 0.2) is 17.1 Å². The molecule has 0 saturated carbocycles. The van der Waals surface area contributed by atoms with E-state index in [0.29, 0.717) is 28.4 Å². The normalized spacial score (nSPS) is 11.0. The Kier molecular flexibility index (Phi) is 5.66. The summed E-state index contributed by atoms with van der Waals surface area (Å²) in [6.45, 7) is 0. The minimum Gasteiger partial charge on any atom is -0.496 e. The Balaban J connectivity index is 1.79. The van der Waals surface area contributed by atoms with Crippen LogP contribution in [0.5, 0.6) is 17.2 Å². The molecule has 0 atom stereocenters. The quantitative estimate of drug-likeness (QED) is 0.470. The van der Waals surface area contributed by atoms with E-state index in [4.69, 9.17) is 18.6 Å². The molecule has 0 saturated heterocycles. The van der Waals surface area contributed by atoms with Crippen molar-refractivity contribution in [3.8, 4) is 17.2 Å². The van der Waals surface area contributed by atoms with Gasteiger partial charge < -0.3 is 18.6 Å². The molecule has 2 aromatic carbocycles. The van der Waals surface area contributed by atoms with E-state index in [1.807, 2.05) is 12.1 Å². The molecule has 1 aromatic heterocycles. The molecule has 1 heterocycles. The predicted octanol–water partition coefficient (Wildman–Crippen LogP) is 3.99. The minimum absolute atomic E-state index is 0.134. The highest BCUT2D eigenvalue weighted by atomic mass is 79.9. The first-order chi connectivity index (χ1) is 13.1. The van der Waals surface area contributed by atoms with Gasteiger partial charge >= 0.3 is 5.91 Å². The van der Waals surface area contributed by atoms with Crippen LogP contribution in [0.3, 0.4) is 0 Å². The van der Waals surface area contributed by atoms with Crippen molar-refractivity contribution < 1.29 is 23.4 Å². The summed E-state index contributed by atoms with van der Waals surface area (Å²) >= 11 is 3.40. The van der Waals surface area contributed by atoms with Crippen LogP contribution in [0.25, 0.3) is 11.0 Å². The molecule has 0 fully saturated rings. The third-order valence-corrected chi connectivity index (χ3v) is 4.45. The fourth-order valence-corrected chi connectivity index (χ4v) is 3.03. The zero-order chi connectivity index (χ0) is 19.4. The van der Waals surface area contributed by atoms with E-state index < -0.39 is 5.91 Å². The maximum absolute atomic E-state index is 12.3. The van der Waals surface area contributed by atoms with Crippen molar-refractivity contribution in [2.45, 2.75) is 0 Å². The smallest absolute Gasteiger partial charge is 0.307 e. The number of amides is 1. The van der Waals surface area contributed by atoms with E-state index in [2.05, 4.69) is 26.5 Å². The molecule has 8 heteroatoms. The number of hydrogen-bond acceptors (Lipinski definition) is 6. The summed E-state index contributed by atoms with van der Waals surface area (Å²) in [5, 5.41) is 4.75. The van der Waals surface area contributed by atoms with Gasteiger partial charge in [0.05, 0.1) is 32.0 Å². The molecule has 1 amide bonds. The molecule has 0 aliphatic rings. The number of carbonyl (C=O) groups is 1. The third-order valence-electron chi connectivity index (χ3n) is 3.83. The number of methoxy groups -OCH3 is 3. The molecule has 0 radical (unpaired) electrons. The van der Waals surface area contributed by atoms with Gasteiger partial charge in [-0.25, -0.2) is 5.43 Å². The standard InChI is InChI=1S/C19H17BrN2O5/c1-24-14-6-4-5-11-8-17(27-18(11)14)19(23)22-21-10-12-7-13(20)16(26-3)9-15(12)25-2/h4-10H,1-3H3,(H,22,23)/b21-10+. The first-order valence-corrected chi connectivity index (χ1v) is 8.68. The van der Waals surface area contributed by atoms with Gasteiger partial charge in [-0.2, -0.15) is 5.10 Å². The average molecular weight is 433 g/mol. The first-order valence-electron chi connectivity index (χ1n) is 7.89. The number of fused-ring (bicyclic) bond motifs is 1. The van der Waals surface area contributed by atoms with Crippen LogP contribution in [0.4, 0.5) is 0 Å². The molecule has 1 N–H and O–H groups in total. The van der Waals surface area contributed by atoms with Crippen molar-refractivity contribution in [1.29, 1.82) is 0 Å². The Hall–Kier alpha value is -3.00. The van der Waals surface area contributed by atoms with Gasteiger partial charge in [-0.05, 0) is 34.1 Å². The molecule has 0 spiro atoms. The van der Waals surface area contributed by atoms with Gasteiger partial charge in [-0.1, -0.05) is 12.1 Å². The molecule has 0 bridgehead atoms. The summed E-state index contributed by atoms with van der Waals surface area (Å²) in [5.74, 6) is 1.40. The number of halogens is 1. The Morgan fingerprint density at radius 1 is 1.07 bits per heavy atom. The number of carbonyl (C=O) groups excluding carboxylic acids is 1. The molecule has 3 rings (SSSR count). The van der Waals surface area contributed by atoms with Crippen molar-refractivity contribution in [2.24, 2.45) is 5.10 Å². The summed E-state index contributed by atoms with van der Waals surface area (Å²) in [5.41, 5.74) is 3.61. The van der Waals surface area contributed by atoms with E-state index in [1.165, 1.54) is 6.21 Å². The van der Waals surface area contributed by atoms with Crippen LogP contribution in [-0.4, -0.2) is 33.5 Å². The highest BCUT2D eigenvalue weighted by molar-refractivity contribution is 9.10. The highest BCUT2D eigenvalue weighted by Crippen LogP contribution is 2.32. The largest absolute Gasteiger partial charge is 0.496 e. The Bertz CT molecular complexity index is 1010. The van der Waals surface area contributed by atoms with Crippen molar-refractivity contribution >= 4 is 39.0 Å². The second kappa shape index (κ2) is 8.13. The number of nitrogens with one attached hydrogen (secondary N) is 1. The maximum atomic E-state index is 12.3. The lowest BCUT2D eigenvalue weighted by Gasteiger charge is -2.09. The summed E-state index contributed by atoms with van der Waals surface area (Å²) < 4.78 is 22.1. The third kappa shape index (κ3) is 3.90. The van der Waals surface area contributed by atoms with E-state index in [-0.39, 0.29) is 5.76 Å². The highest BCUT2D eigenvalue weighted by Gasteiger charge is 2.14. The predicted molar refractivity (Wildman–Crippen MR) is 105 cm³/mol. The van der Waals surface area contributed by atoms with Crippen LogP contribution >= 0.6 is 15.9 Å². The van der Waals surface area contributed by atoms with Crippen LogP contribution < -0.4 is 19.6 Å². The lowest BCUT2D eigenvalue weighted by Crippen LogP contribution is -2.16. The van der Waals surface area contributed by atoms with E-state index in [0.717, 1.165) is 9.86 Å². The van der Waals surface area contributed by atoms with E-state index in [1.54, 1.807) is 45.6 Å². The van der Waals surface area contributed by atoms with Crippen LogP contribution in [0.1, 0.15) is 16.1 Å². The lowest BCUT2D eigenvalue weighted by atomic mass is 10.2. The minimum atomic E-state index is -0.476. The first kappa shape index (κ1) is 18.8. The van der Waals surface area contributed by atoms with Crippen molar-refractivity contribution in [3.63, 3.8) is 0 Å². The second-order valence-corrected chi connectivity index (χ2v) is 6.27. The average Bonchev–Trinajstić information content (AvgIpc) is 3.12. The van der Waals surface area contributed by atoms with Crippen LogP contribution in [0.15, 0.2) is 50.4 Å². The topological polar surface area (TPSA) is 82.3 Å². The Morgan fingerprint density at radius 3 is 2.52 bits per heavy atom. The number of para-hydroxylation sites is 1. The molecule has 7 nitrogen and oxygen atoms in total. The number of benzene rings is 2. The lowest BCUT2D eigenvalue weighted by molar-refractivity contribution is 0.0929. The summed E-state index contributed by atoms with van der Waals surface area (Å²) in [6, 6.07) is 10.6. The Labute approximate surface area is 164 Å². The Morgan fingerprint density at radius 2 is 1.81 bits per heavy atom. The second-order valence-electron chi connectivity index (χ2n) is 5.42. The number of rotatable bonds is 6. The van der Waals surface area contributed by atoms with E-state index >= 15 is 0 Å². The zero-order valence-electron chi connectivity index (χ0n) is 14.9. The SMILES string of the molecule is COc1cc(OC)c(/C=N/NC(=O)c2cc3cccc(OC)c3o2)cc1Br. The van der Waals surface area contributed by atoms with Crippen LogP contribution in [0.2, 0.25) is 0 Å². The molecule has 3 aromatic rings. The van der Waals surface area contributed by atoms with Gasteiger partial charge in [-0.15, -0.1) is 0 Å². The number of ether oxygens (including phenoxy) is 3. The fraction of sp³-hybridized carbons (Fsp3) is 0.158. The van der Waals surface area contributed by atoms with Gasteiger partial charge in [-0.3, -0.25) is 4.79 Å².